The molecule has 0 saturated heterocycles. The minimum Gasteiger partial charge on any atom is -0.481 e. The van der Waals surface area contributed by atoms with Gasteiger partial charge in [0.15, 0.2) is 5.78 Å². The van der Waals surface area contributed by atoms with E-state index < -0.39 is 0 Å². The molecular formula is C15H15NO2S. The summed E-state index contributed by atoms with van der Waals surface area (Å²) in [6, 6.07) is 11.5. The summed E-state index contributed by atoms with van der Waals surface area (Å²) in [6.45, 7) is 1.58. The molecule has 2 aromatic rings. The second-order valence-corrected chi connectivity index (χ2v) is 5.09. The quantitative estimate of drug-likeness (QED) is 0.616. The van der Waals surface area contributed by atoms with Crippen LogP contribution in [0.5, 0.6) is 5.88 Å². The summed E-state index contributed by atoms with van der Waals surface area (Å²) in [5.41, 5.74) is 1.78. The number of aromatic nitrogens is 1. The van der Waals surface area contributed by atoms with Crippen molar-refractivity contribution in [3.05, 3.63) is 53.7 Å². The van der Waals surface area contributed by atoms with E-state index in [1.54, 1.807) is 32.0 Å². The molecule has 0 radical (unpaired) electrons. The van der Waals surface area contributed by atoms with E-state index in [2.05, 4.69) is 4.98 Å². The van der Waals surface area contributed by atoms with Gasteiger partial charge in [0.25, 0.3) is 0 Å². The zero-order valence-electron chi connectivity index (χ0n) is 10.9. The third-order valence-electron chi connectivity index (χ3n) is 2.68. The number of nitrogens with zero attached hydrogens (tertiary/aromatic N) is 1. The number of hydrogen-bond acceptors (Lipinski definition) is 4. The Morgan fingerprint density at radius 1 is 1.32 bits per heavy atom. The fourth-order valence-corrected chi connectivity index (χ4v) is 2.61. The van der Waals surface area contributed by atoms with Crippen LogP contribution in [0.2, 0.25) is 0 Å². The summed E-state index contributed by atoms with van der Waals surface area (Å²) < 4.78 is 5.22. The number of methoxy groups -OCH3 is 1. The molecular weight excluding hydrogens is 258 g/mol. The summed E-state index contributed by atoms with van der Waals surface area (Å²) >= 11 is 1.66. The van der Waals surface area contributed by atoms with Gasteiger partial charge in [-0.05, 0) is 25.1 Å². The van der Waals surface area contributed by atoms with Crippen molar-refractivity contribution in [1.29, 1.82) is 0 Å². The molecule has 0 aliphatic carbocycles. The summed E-state index contributed by atoms with van der Waals surface area (Å²) in [4.78, 5) is 16.6. The third-order valence-corrected chi connectivity index (χ3v) is 3.72. The molecule has 1 aromatic heterocycles. The van der Waals surface area contributed by atoms with E-state index in [0.29, 0.717) is 5.88 Å². The summed E-state index contributed by atoms with van der Waals surface area (Å²) in [5.74, 6) is 1.50. The smallest absolute Gasteiger partial charge is 0.217 e. The highest BCUT2D eigenvalue weighted by atomic mass is 32.2. The Balaban J connectivity index is 2.10. The van der Waals surface area contributed by atoms with E-state index in [9.17, 15) is 4.79 Å². The van der Waals surface area contributed by atoms with Crippen molar-refractivity contribution < 1.29 is 9.53 Å². The summed E-state index contributed by atoms with van der Waals surface area (Å²) in [5, 5.41) is 0. The van der Waals surface area contributed by atoms with E-state index >= 15 is 0 Å². The molecule has 0 saturated carbocycles. The Kier molecular flexibility index (Phi) is 4.58. The summed E-state index contributed by atoms with van der Waals surface area (Å²) in [7, 11) is 1.62. The number of carbonyl (C=O) groups excluding carboxylic acids is 1. The highest BCUT2D eigenvalue weighted by Crippen LogP contribution is 2.27. The number of carbonyl (C=O) groups is 1. The highest BCUT2D eigenvalue weighted by Gasteiger charge is 2.05. The monoisotopic (exact) mass is 273 g/mol. The molecule has 1 aromatic carbocycles. The predicted molar refractivity (Wildman–Crippen MR) is 76.8 cm³/mol. The second kappa shape index (κ2) is 6.38. The van der Waals surface area contributed by atoms with Crippen LogP contribution in [-0.4, -0.2) is 17.9 Å². The Morgan fingerprint density at radius 3 is 2.89 bits per heavy atom. The van der Waals surface area contributed by atoms with E-state index in [-0.39, 0.29) is 5.78 Å². The number of ether oxygens (including phenoxy) is 1. The molecule has 0 N–H and O–H groups in total. The van der Waals surface area contributed by atoms with Crippen molar-refractivity contribution in [3.8, 4) is 5.88 Å². The maximum absolute atomic E-state index is 11.3. The first-order valence-corrected chi connectivity index (χ1v) is 6.91. The van der Waals surface area contributed by atoms with Crippen LogP contribution < -0.4 is 4.74 Å². The lowest BCUT2D eigenvalue weighted by atomic mass is 10.2. The van der Waals surface area contributed by atoms with Crippen LogP contribution >= 0.6 is 11.8 Å². The van der Waals surface area contributed by atoms with Crippen molar-refractivity contribution in [2.45, 2.75) is 17.6 Å². The van der Waals surface area contributed by atoms with Crippen LogP contribution in [-0.2, 0) is 5.75 Å². The zero-order valence-corrected chi connectivity index (χ0v) is 11.7. The fourth-order valence-electron chi connectivity index (χ4n) is 1.68. The Hall–Kier alpha value is -1.81. The average molecular weight is 273 g/mol. The van der Waals surface area contributed by atoms with Gasteiger partial charge in [0.1, 0.15) is 0 Å². The van der Waals surface area contributed by atoms with Crippen molar-refractivity contribution in [2.75, 3.05) is 7.11 Å². The van der Waals surface area contributed by atoms with Crippen LogP contribution in [0.4, 0.5) is 0 Å². The van der Waals surface area contributed by atoms with Crippen molar-refractivity contribution in [3.63, 3.8) is 0 Å². The van der Waals surface area contributed by atoms with Crippen LogP contribution in [0.1, 0.15) is 22.8 Å². The number of Topliss-reactive ketones (excluding diaryl/α,β-unsaturated/α-hetero) is 1. The molecule has 98 valence electrons. The van der Waals surface area contributed by atoms with E-state index in [1.165, 1.54) is 0 Å². The maximum atomic E-state index is 11.3. The minimum atomic E-state index is 0.0846. The first-order valence-electron chi connectivity index (χ1n) is 5.92. The molecule has 0 bridgehead atoms. The molecule has 0 spiro atoms. The van der Waals surface area contributed by atoms with Crippen LogP contribution in [0, 0.1) is 0 Å². The SMILES string of the molecule is COc1ncccc1CSc1cccc(C(C)=O)c1. The average Bonchev–Trinajstić information content (AvgIpc) is 2.45. The molecule has 0 aliphatic heterocycles. The third kappa shape index (κ3) is 3.58. The van der Waals surface area contributed by atoms with Crippen molar-refractivity contribution >= 4 is 17.5 Å². The molecule has 0 amide bonds. The molecule has 0 fully saturated rings. The number of rotatable bonds is 5. The largest absolute Gasteiger partial charge is 0.481 e. The Labute approximate surface area is 117 Å². The van der Waals surface area contributed by atoms with Gasteiger partial charge >= 0.3 is 0 Å². The number of thioether (sulfide) groups is 1. The van der Waals surface area contributed by atoms with Gasteiger partial charge in [-0.15, -0.1) is 11.8 Å². The van der Waals surface area contributed by atoms with Crippen molar-refractivity contribution in [2.24, 2.45) is 0 Å². The predicted octanol–water partition coefficient (Wildman–Crippen LogP) is 3.59. The Morgan fingerprint density at radius 2 is 2.16 bits per heavy atom. The topological polar surface area (TPSA) is 39.2 Å². The summed E-state index contributed by atoms with van der Waals surface area (Å²) in [6.07, 6.45) is 1.71. The molecule has 2 rings (SSSR count). The highest BCUT2D eigenvalue weighted by molar-refractivity contribution is 7.98. The second-order valence-electron chi connectivity index (χ2n) is 4.04. The number of pyridine rings is 1. The standard InChI is InChI=1S/C15H15NO2S/c1-11(17)12-5-3-7-14(9-12)19-10-13-6-4-8-16-15(13)18-2/h3-9H,10H2,1-2H3. The number of benzene rings is 1. The number of hydrogen-bond donors (Lipinski definition) is 0. The lowest BCUT2D eigenvalue weighted by molar-refractivity contribution is 0.101. The molecule has 0 aliphatic rings. The molecule has 4 heteroatoms. The van der Waals surface area contributed by atoms with Gasteiger partial charge in [-0.3, -0.25) is 4.79 Å². The Bertz CT molecular complexity index is 584. The van der Waals surface area contributed by atoms with E-state index in [1.807, 2.05) is 36.4 Å². The molecule has 19 heavy (non-hydrogen) atoms. The molecule has 0 atom stereocenters. The van der Waals surface area contributed by atoms with Gasteiger partial charge in [0.2, 0.25) is 5.88 Å². The fraction of sp³-hybridized carbons (Fsp3) is 0.200. The minimum absolute atomic E-state index is 0.0846. The molecule has 1 heterocycles. The van der Waals surface area contributed by atoms with Gasteiger partial charge < -0.3 is 4.74 Å². The lowest BCUT2D eigenvalue weighted by Crippen LogP contribution is -1.94. The van der Waals surface area contributed by atoms with Crippen LogP contribution in [0.15, 0.2) is 47.5 Å². The maximum Gasteiger partial charge on any atom is 0.217 e. The van der Waals surface area contributed by atoms with Gasteiger partial charge in [0, 0.05) is 28.0 Å². The molecule has 3 nitrogen and oxygen atoms in total. The molecule has 0 unspecified atom stereocenters. The van der Waals surface area contributed by atoms with E-state index in [0.717, 1.165) is 21.8 Å². The van der Waals surface area contributed by atoms with Crippen LogP contribution in [0.3, 0.4) is 0 Å². The van der Waals surface area contributed by atoms with Crippen molar-refractivity contribution in [1.82, 2.24) is 4.98 Å². The zero-order chi connectivity index (χ0) is 13.7. The van der Waals surface area contributed by atoms with Gasteiger partial charge in [0.05, 0.1) is 7.11 Å². The van der Waals surface area contributed by atoms with Gasteiger partial charge in [-0.25, -0.2) is 4.98 Å². The number of ketones is 1. The van der Waals surface area contributed by atoms with Gasteiger partial charge in [-0.2, -0.15) is 0 Å². The first kappa shape index (κ1) is 13.6. The lowest BCUT2D eigenvalue weighted by Gasteiger charge is -2.07. The normalized spacial score (nSPS) is 10.2. The first-order chi connectivity index (χ1) is 9.20. The van der Waals surface area contributed by atoms with Gasteiger partial charge in [-0.1, -0.05) is 18.2 Å². The van der Waals surface area contributed by atoms with Crippen LogP contribution in [0.25, 0.3) is 0 Å². The van der Waals surface area contributed by atoms with E-state index in [4.69, 9.17) is 4.74 Å².